The molecule has 0 bridgehead atoms. The zero-order valence-electron chi connectivity index (χ0n) is 11.9. The number of nitrogens with zero attached hydrogens (tertiary/aromatic N) is 1. The molecule has 0 aromatic carbocycles. The molecule has 0 atom stereocenters. The second kappa shape index (κ2) is 6.47. The first-order chi connectivity index (χ1) is 9.72. The predicted octanol–water partition coefficient (Wildman–Crippen LogP) is 0.424. The number of nitrogens with two attached hydrogens (primary N) is 1. The van der Waals surface area contributed by atoms with Gasteiger partial charge in [-0.05, 0) is 25.7 Å². The maximum absolute atomic E-state index is 12.8. The van der Waals surface area contributed by atoms with Crippen LogP contribution in [0.2, 0.25) is 0 Å². The molecule has 2 N–H and O–H groups in total. The Bertz CT molecular complexity index is 580. The van der Waals surface area contributed by atoms with E-state index in [9.17, 15) is 16.8 Å². The summed E-state index contributed by atoms with van der Waals surface area (Å²) in [6, 6.07) is -0.0463. The molecule has 6 nitrogen and oxygen atoms in total. The fraction of sp³-hybridized carbons (Fsp3) is 0.917. The molecule has 122 valence electrons. The molecule has 0 aromatic heterocycles. The van der Waals surface area contributed by atoms with E-state index >= 15 is 0 Å². The Hall–Kier alpha value is -0.250. The van der Waals surface area contributed by atoms with Crippen molar-refractivity contribution in [3.63, 3.8) is 0 Å². The Morgan fingerprint density at radius 3 is 2.14 bits per heavy atom. The zero-order valence-corrected chi connectivity index (χ0v) is 14.4. The lowest BCUT2D eigenvalue weighted by molar-refractivity contribution is 0.347. The van der Waals surface area contributed by atoms with Gasteiger partial charge in [0.15, 0.2) is 0 Å². The summed E-state index contributed by atoms with van der Waals surface area (Å²) >= 11 is 4.89. The van der Waals surface area contributed by atoms with Crippen LogP contribution in [0.4, 0.5) is 0 Å². The average Bonchev–Trinajstić information content (AvgIpc) is 2.88. The van der Waals surface area contributed by atoms with Crippen LogP contribution in [-0.4, -0.2) is 55.5 Å². The second-order valence-corrected chi connectivity index (χ2v) is 10.8. The van der Waals surface area contributed by atoms with Crippen LogP contribution in [-0.2, 0) is 19.9 Å². The van der Waals surface area contributed by atoms with Gasteiger partial charge in [-0.3, -0.25) is 0 Å². The van der Waals surface area contributed by atoms with Gasteiger partial charge >= 0.3 is 0 Å². The van der Waals surface area contributed by atoms with Crippen molar-refractivity contribution in [3.05, 3.63) is 0 Å². The zero-order chi connectivity index (χ0) is 15.7. The molecule has 2 rings (SSSR count). The van der Waals surface area contributed by atoms with Gasteiger partial charge in [-0.1, -0.05) is 25.1 Å². The van der Waals surface area contributed by atoms with E-state index in [-0.39, 0.29) is 41.9 Å². The van der Waals surface area contributed by atoms with E-state index in [1.165, 1.54) is 4.31 Å². The van der Waals surface area contributed by atoms with Crippen LogP contribution in [0, 0.1) is 0 Å². The lowest BCUT2D eigenvalue weighted by Crippen LogP contribution is -2.49. The van der Waals surface area contributed by atoms with Gasteiger partial charge in [-0.2, -0.15) is 4.31 Å². The van der Waals surface area contributed by atoms with Crippen molar-refractivity contribution in [1.29, 1.82) is 0 Å². The first-order valence-electron chi connectivity index (χ1n) is 7.22. The van der Waals surface area contributed by atoms with Crippen LogP contribution in [0.25, 0.3) is 0 Å². The van der Waals surface area contributed by atoms with Gasteiger partial charge in [-0.25, -0.2) is 16.8 Å². The summed E-state index contributed by atoms with van der Waals surface area (Å²) in [4.78, 5) is 0.161. The third-order valence-electron chi connectivity index (χ3n) is 4.29. The molecule has 1 saturated heterocycles. The van der Waals surface area contributed by atoms with Crippen molar-refractivity contribution in [2.24, 2.45) is 5.73 Å². The van der Waals surface area contributed by atoms with Crippen molar-refractivity contribution in [1.82, 2.24) is 4.31 Å². The molecule has 0 amide bonds. The van der Waals surface area contributed by atoms with Crippen LogP contribution in [0.1, 0.15) is 38.5 Å². The Morgan fingerprint density at radius 2 is 1.67 bits per heavy atom. The minimum absolute atomic E-state index is 0.0463. The smallest absolute Gasteiger partial charge is 0.217 e. The topological polar surface area (TPSA) is 97.5 Å². The molecule has 0 aromatic rings. The van der Waals surface area contributed by atoms with Crippen molar-refractivity contribution in [2.45, 2.75) is 49.8 Å². The second-order valence-electron chi connectivity index (χ2n) is 5.85. The summed E-state index contributed by atoms with van der Waals surface area (Å²) in [6.07, 6.45) is 4.01. The van der Waals surface area contributed by atoms with Gasteiger partial charge in [0.2, 0.25) is 10.0 Å². The fourth-order valence-corrected chi connectivity index (χ4v) is 7.30. The monoisotopic (exact) mass is 354 g/mol. The Kier molecular flexibility index (Phi) is 5.27. The molecule has 0 spiro atoms. The number of thiocarbonyl (C=S) groups is 1. The molecule has 0 radical (unpaired) electrons. The molecule has 1 aliphatic carbocycles. The maximum atomic E-state index is 12.8. The summed E-state index contributed by atoms with van der Waals surface area (Å²) in [6.45, 7) is 0.0611. The van der Waals surface area contributed by atoms with E-state index in [4.69, 9.17) is 18.0 Å². The number of hydrogen-bond donors (Lipinski definition) is 1. The highest BCUT2D eigenvalue weighted by atomic mass is 32.2. The Morgan fingerprint density at radius 1 is 1.14 bits per heavy atom. The molecule has 2 fully saturated rings. The molecule has 0 unspecified atom stereocenters. The summed E-state index contributed by atoms with van der Waals surface area (Å²) in [5, 5.41) is -0.629. The third kappa shape index (κ3) is 4.14. The van der Waals surface area contributed by atoms with E-state index in [1.54, 1.807) is 0 Å². The summed E-state index contributed by atoms with van der Waals surface area (Å²) in [5.41, 5.74) is 5.56. The standard InChI is InChI=1S/C12H22N2O4S3/c13-12(19)9-14(10-3-1-2-4-10)21(17,18)11-5-7-20(15,16)8-6-11/h10-11H,1-9H2,(H2,13,19). The molecule has 2 aliphatic rings. The number of sulfone groups is 1. The van der Waals surface area contributed by atoms with E-state index in [0.29, 0.717) is 0 Å². The fourth-order valence-electron chi connectivity index (χ4n) is 3.13. The van der Waals surface area contributed by atoms with Gasteiger partial charge in [0, 0.05) is 6.04 Å². The third-order valence-corrected chi connectivity index (χ3v) is 8.53. The van der Waals surface area contributed by atoms with Gasteiger partial charge in [-0.15, -0.1) is 0 Å². The normalized spacial score (nSPS) is 24.4. The van der Waals surface area contributed by atoms with Crippen molar-refractivity contribution in [2.75, 3.05) is 18.1 Å². The van der Waals surface area contributed by atoms with Crippen LogP contribution in [0.5, 0.6) is 0 Å². The van der Waals surface area contributed by atoms with E-state index < -0.39 is 25.1 Å². The van der Waals surface area contributed by atoms with Crippen molar-refractivity contribution in [3.8, 4) is 0 Å². The number of sulfonamides is 1. The summed E-state index contributed by atoms with van der Waals surface area (Å²) < 4.78 is 50.1. The minimum Gasteiger partial charge on any atom is -0.392 e. The van der Waals surface area contributed by atoms with Gasteiger partial charge < -0.3 is 5.73 Å². The molecular weight excluding hydrogens is 332 g/mol. The van der Waals surface area contributed by atoms with Gasteiger partial charge in [0.05, 0.1) is 28.3 Å². The summed E-state index contributed by atoms with van der Waals surface area (Å²) in [5.74, 6) is -0.106. The lowest BCUT2D eigenvalue weighted by Gasteiger charge is -2.33. The van der Waals surface area contributed by atoms with Gasteiger partial charge in [0.1, 0.15) is 9.84 Å². The van der Waals surface area contributed by atoms with E-state index in [0.717, 1.165) is 25.7 Å². The molecule has 9 heteroatoms. The Balaban J connectivity index is 2.18. The minimum atomic E-state index is -3.55. The summed E-state index contributed by atoms with van der Waals surface area (Å²) in [7, 11) is -6.63. The van der Waals surface area contributed by atoms with E-state index in [2.05, 4.69) is 0 Å². The van der Waals surface area contributed by atoms with Crippen LogP contribution in [0.3, 0.4) is 0 Å². The molecule has 1 saturated carbocycles. The molecule has 1 aliphatic heterocycles. The number of hydrogen-bond acceptors (Lipinski definition) is 5. The highest BCUT2D eigenvalue weighted by Crippen LogP contribution is 2.30. The Labute approximate surface area is 132 Å². The largest absolute Gasteiger partial charge is 0.392 e. The molecular formula is C12H22N2O4S3. The quantitative estimate of drug-likeness (QED) is 0.719. The predicted molar refractivity (Wildman–Crippen MR) is 86.3 cm³/mol. The number of rotatable bonds is 5. The van der Waals surface area contributed by atoms with Gasteiger partial charge in [0.25, 0.3) is 0 Å². The first-order valence-corrected chi connectivity index (χ1v) is 10.9. The highest BCUT2D eigenvalue weighted by molar-refractivity contribution is 7.92. The maximum Gasteiger partial charge on any atom is 0.217 e. The van der Waals surface area contributed by atoms with Crippen LogP contribution < -0.4 is 5.73 Å². The SMILES string of the molecule is NC(=S)CN(C1CCCC1)S(=O)(=O)C1CCS(=O)(=O)CC1. The van der Waals surface area contributed by atoms with Crippen molar-refractivity contribution >= 4 is 37.1 Å². The molecule has 1 heterocycles. The lowest BCUT2D eigenvalue weighted by atomic mass is 10.2. The average molecular weight is 355 g/mol. The van der Waals surface area contributed by atoms with Crippen molar-refractivity contribution < 1.29 is 16.8 Å². The van der Waals surface area contributed by atoms with E-state index in [1.807, 2.05) is 0 Å². The van der Waals surface area contributed by atoms with Crippen LogP contribution >= 0.6 is 12.2 Å². The highest BCUT2D eigenvalue weighted by Gasteiger charge is 2.40. The molecule has 21 heavy (non-hydrogen) atoms. The van der Waals surface area contributed by atoms with Crippen LogP contribution in [0.15, 0.2) is 0 Å². The first kappa shape index (κ1) is 17.1.